The van der Waals surface area contributed by atoms with Crippen LogP contribution in [0.25, 0.3) is 0 Å². The van der Waals surface area contributed by atoms with Gasteiger partial charge in [0.2, 0.25) is 0 Å². The van der Waals surface area contributed by atoms with Crippen molar-refractivity contribution in [1.29, 1.82) is 0 Å². The van der Waals surface area contributed by atoms with Crippen molar-refractivity contribution in [3.8, 4) is 0 Å². The molecule has 0 aliphatic heterocycles. The van der Waals surface area contributed by atoms with Crippen molar-refractivity contribution in [3.05, 3.63) is 64.4 Å². The average Bonchev–Trinajstić information content (AvgIpc) is 2.39. The third kappa shape index (κ3) is 2.53. The van der Waals surface area contributed by atoms with Crippen LogP contribution in [-0.2, 0) is 6.42 Å². The van der Waals surface area contributed by atoms with Crippen molar-refractivity contribution >= 4 is 17.4 Å². The van der Waals surface area contributed by atoms with Gasteiger partial charge in [-0.3, -0.25) is 4.79 Å². The highest BCUT2D eigenvalue weighted by molar-refractivity contribution is 6.33. The highest BCUT2D eigenvalue weighted by Crippen LogP contribution is 2.17. The van der Waals surface area contributed by atoms with E-state index in [9.17, 15) is 4.79 Å². The van der Waals surface area contributed by atoms with Gasteiger partial charge in [0.15, 0.2) is 5.78 Å². The van der Waals surface area contributed by atoms with Gasteiger partial charge in [-0.05, 0) is 24.1 Å². The van der Waals surface area contributed by atoms with Crippen LogP contribution >= 0.6 is 11.6 Å². The maximum absolute atomic E-state index is 12.1. The molecule has 17 heavy (non-hydrogen) atoms. The summed E-state index contributed by atoms with van der Waals surface area (Å²) in [7, 11) is 0. The number of carbonyl (C=O) groups is 1. The van der Waals surface area contributed by atoms with Crippen molar-refractivity contribution in [2.24, 2.45) is 0 Å². The zero-order chi connectivity index (χ0) is 12.3. The molecule has 0 aliphatic carbocycles. The molecule has 1 aromatic carbocycles. The van der Waals surface area contributed by atoms with E-state index in [1.54, 1.807) is 18.3 Å². The first-order chi connectivity index (χ1) is 8.22. The Morgan fingerprint density at radius 2 is 1.94 bits per heavy atom. The molecule has 3 heteroatoms. The fourth-order valence-corrected chi connectivity index (χ4v) is 1.81. The first kappa shape index (κ1) is 11.8. The van der Waals surface area contributed by atoms with E-state index < -0.39 is 0 Å². The van der Waals surface area contributed by atoms with E-state index in [-0.39, 0.29) is 10.9 Å². The molecule has 0 bridgehead atoms. The zero-order valence-corrected chi connectivity index (χ0v) is 10.2. The van der Waals surface area contributed by atoms with Crippen LogP contribution in [-0.4, -0.2) is 10.8 Å². The van der Waals surface area contributed by atoms with E-state index in [0.717, 1.165) is 6.42 Å². The quantitative estimate of drug-likeness (QED) is 0.612. The van der Waals surface area contributed by atoms with Crippen LogP contribution in [0.1, 0.15) is 28.4 Å². The van der Waals surface area contributed by atoms with Crippen LogP contribution < -0.4 is 0 Å². The molecule has 0 atom stereocenters. The Morgan fingerprint density at radius 1 is 1.24 bits per heavy atom. The summed E-state index contributed by atoms with van der Waals surface area (Å²) in [5, 5.41) is 0.247. The second kappa shape index (κ2) is 5.11. The highest BCUT2D eigenvalue weighted by Gasteiger charge is 2.12. The number of ketones is 1. The maximum atomic E-state index is 12.1. The summed E-state index contributed by atoms with van der Waals surface area (Å²) >= 11 is 5.90. The summed E-state index contributed by atoms with van der Waals surface area (Å²) in [6.07, 6.45) is 2.53. The number of halogens is 1. The Morgan fingerprint density at radius 3 is 2.53 bits per heavy atom. The smallest absolute Gasteiger partial charge is 0.196 e. The van der Waals surface area contributed by atoms with Crippen LogP contribution in [0.2, 0.25) is 5.15 Å². The zero-order valence-electron chi connectivity index (χ0n) is 9.48. The SMILES string of the molecule is CCc1ccc(C(=O)c2cccnc2Cl)cc1. The molecule has 0 saturated carbocycles. The van der Waals surface area contributed by atoms with Gasteiger partial charge in [-0.2, -0.15) is 0 Å². The molecular formula is C14H12ClNO. The minimum absolute atomic E-state index is 0.0919. The fourth-order valence-electron chi connectivity index (χ4n) is 1.60. The summed E-state index contributed by atoms with van der Waals surface area (Å²) in [6, 6.07) is 11.0. The normalized spacial score (nSPS) is 10.2. The lowest BCUT2D eigenvalue weighted by Gasteiger charge is -2.03. The van der Waals surface area contributed by atoms with Crippen molar-refractivity contribution < 1.29 is 4.79 Å². The Kier molecular flexibility index (Phi) is 3.55. The lowest BCUT2D eigenvalue weighted by atomic mass is 10.0. The number of hydrogen-bond acceptors (Lipinski definition) is 2. The molecule has 0 fully saturated rings. The number of aromatic nitrogens is 1. The van der Waals surface area contributed by atoms with Gasteiger partial charge in [0, 0.05) is 11.8 Å². The van der Waals surface area contributed by atoms with Gasteiger partial charge in [0.25, 0.3) is 0 Å². The second-order valence-electron chi connectivity index (χ2n) is 3.72. The number of pyridine rings is 1. The molecule has 0 unspecified atom stereocenters. The molecule has 86 valence electrons. The molecule has 1 aromatic heterocycles. The van der Waals surface area contributed by atoms with Crippen molar-refractivity contribution in [2.45, 2.75) is 13.3 Å². The van der Waals surface area contributed by atoms with Crippen molar-refractivity contribution in [2.75, 3.05) is 0 Å². The number of aryl methyl sites for hydroxylation is 1. The summed E-state index contributed by atoms with van der Waals surface area (Å²) in [5.74, 6) is -0.0919. The standard InChI is InChI=1S/C14H12ClNO/c1-2-10-5-7-11(8-6-10)13(17)12-4-3-9-16-14(12)15/h3-9H,2H2,1H3. The minimum Gasteiger partial charge on any atom is -0.288 e. The minimum atomic E-state index is -0.0919. The molecule has 1 heterocycles. The van der Waals surface area contributed by atoms with Crippen LogP contribution in [0.4, 0.5) is 0 Å². The van der Waals surface area contributed by atoms with E-state index in [4.69, 9.17) is 11.6 Å². The van der Waals surface area contributed by atoms with Crippen molar-refractivity contribution in [3.63, 3.8) is 0 Å². The number of carbonyl (C=O) groups excluding carboxylic acids is 1. The Hall–Kier alpha value is -1.67. The van der Waals surface area contributed by atoms with Gasteiger partial charge in [-0.25, -0.2) is 4.98 Å². The predicted octanol–water partition coefficient (Wildman–Crippen LogP) is 3.53. The topological polar surface area (TPSA) is 30.0 Å². The van der Waals surface area contributed by atoms with Crippen LogP contribution in [0.3, 0.4) is 0 Å². The number of benzene rings is 1. The Balaban J connectivity index is 2.34. The molecule has 0 N–H and O–H groups in total. The average molecular weight is 246 g/mol. The largest absolute Gasteiger partial charge is 0.288 e. The number of nitrogens with zero attached hydrogens (tertiary/aromatic N) is 1. The van der Waals surface area contributed by atoms with E-state index in [1.165, 1.54) is 5.56 Å². The monoisotopic (exact) mass is 245 g/mol. The maximum Gasteiger partial charge on any atom is 0.196 e. The Labute approximate surface area is 105 Å². The van der Waals surface area contributed by atoms with Gasteiger partial charge >= 0.3 is 0 Å². The van der Waals surface area contributed by atoms with E-state index >= 15 is 0 Å². The van der Waals surface area contributed by atoms with Crippen LogP contribution in [0.5, 0.6) is 0 Å². The first-order valence-corrected chi connectivity index (χ1v) is 5.84. The predicted molar refractivity (Wildman–Crippen MR) is 68.5 cm³/mol. The molecule has 0 aliphatic rings. The lowest BCUT2D eigenvalue weighted by molar-refractivity contribution is 0.103. The number of hydrogen-bond donors (Lipinski definition) is 0. The van der Waals surface area contributed by atoms with E-state index in [1.807, 2.05) is 24.3 Å². The van der Waals surface area contributed by atoms with Crippen LogP contribution in [0.15, 0.2) is 42.6 Å². The van der Waals surface area contributed by atoms with E-state index in [2.05, 4.69) is 11.9 Å². The van der Waals surface area contributed by atoms with E-state index in [0.29, 0.717) is 11.1 Å². The molecule has 0 spiro atoms. The summed E-state index contributed by atoms with van der Waals surface area (Å²) in [4.78, 5) is 16.0. The summed E-state index contributed by atoms with van der Waals surface area (Å²) < 4.78 is 0. The van der Waals surface area contributed by atoms with Gasteiger partial charge < -0.3 is 0 Å². The molecule has 2 rings (SSSR count). The molecule has 0 saturated heterocycles. The van der Waals surface area contributed by atoms with Gasteiger partial charge in [0.05, 0.1) is 5.56 Å². The molecule has 0 amide bonds. The third-order valence-corrected chi connectivity index (χ3v) is 2.93. The first-order valence-electron chi connectivity index (χ1n) is 5.46. The molecule has 2 nitrogen and oxygen atoms in total. The van der Waals surface area contributed by atoms with Gasteiger partial charge in [-0.15, -0.1) is 0 Å². The molecule has 0 radical (unpaired) electrons. The number of rotatable bonds is 3. The van der Waals surface area contributed by atoms with Gasteiger partial charge in [-0.1, -0.05) is 42.8 Å². The molecular weight excluding hydrogens is 234 g/mol. The lowest BCUT2D eigenvalue weighted by Crippen LogP contribution is -2.03. The third-order valence-electron chi connectivity index (χ3n) is 2.63. The van der Waals surface area contributed by atoms with Crippen molar-refractivity contribution in [1.82, 2.24) is 4.98 Å². The second-order valence-corrected chi connectivity index (χ2v) is 4.08. The highest BCUT2D eigenvalue weighted by atomic mass is 35.5. The van der Waals surface area contributed by atoms with Gasteiger partial charge in [0.1, 0.15) is 5.15 Å². The summed E-state index contributed by atoms with van der Waals surface area (Å²) in [5.41, 5.74) is 2.29. The summed E-state index contributed by atoms with van der Waals surface area (Å²) in [6.45, 7) is 2.08. The Bertz CT molecular complexity index is 534. The fraction of sp³-hybridized carbons (Fsp3) is 0.143. The van der Waals surface area contributed by atoms with Crippen LogP contribution in [0, 0.1) is 0 Å². The molecule has 2 aromatic rings.